The molecule has 0 bridgehead atoms. The van der Waals surface area contributed by atoms with Crippen molar-refractivity contribution < 1.29 is 35.9 Å². The molecule has 2 saturated carbocycles. The van der Waals surface area contributed by atoms with Crippen LogP contribution in [0.3, 0.4) is 0 Å². The molecule has 0 amide bonds. The second-order valence-electron chi connectivity index (χ2n) is 7.25. The van der Waals surface area contributed by atoms with Gasteiger partial charge in [-0.25, -0.2) is 0 Å². The zero-order chi connectivity index (χ0) is 19.9. The summed E-state index contributed by atoms with van der Waals surface area (Å²) in [5.41, 5.74) is 0. The lowest BCUT2D eigenvalue weighted by Crippen LogP contribution is -2.47. The summed E-state index contributed by atoms with van der Waals surface area (Å²) in [5, 5.41) is -1.77. The normalized spacial score (nSPS) is 36.6. The van der Waals surface area contributed by atoms with Crippen LogP contribution in [0.1, 0.15) is 38.5 Å². The van der Waals surface area contributed by atoms with Crippen molar-refractivity contribution in [2.75, 3.05) is 0 Å². The van der Waals surface area contributed by atoms with Crippen LogP contribution in [0, 0.1) is 35.5 Å². The number of carbonyl (C=O) groups is 2. The zero-order valence-electron chi connectivity index (χ0n) is 13.5. The van der Waals surface area contributed by atoms with Gasteiger partial charge in [-0.3, -0.25) is 9.59 Å². The van der Waals surface area contributed by atoms with Crippen molar-refractivity contribution in [3.8, 4) is 0 Å². The molecule has 0 N–H and O–H groups in total. The van der Waals surface area contributed by atoms with Crippen molar-refractivity contribution in [1.29, 1.82) is 0 Å². The highest BCUT2D eigenvalue weighted by atomic mass is 35.5. The van der Waals surface area contributed by atoms with E-state index in [2.05, 4.69) is 0 Å². The van der Waals surface area contributed by atoms with Crippen LogP contribution >= 0.6 is 23.2 Å². The lowest BCUT2D eigenvalue weighted by molar-refractivity contribution is -0.237. The van der Waals surface area contributed by atoms with E-state index in [1.807, 2.05) is 0 Å². The molecule has 150 valence electrons. The third-order valence-electron chi connectivity index (χ3n) is 5.84. The Kier molecular flexibility index (Phi) is 6.59. The average molecular weight is 427 g/mol. The molecule has 2 fully saturated rings. The Balaban J connectivity index is 2.30. The smallest absolute Gasteiger partial charge is 0.281 e. The van der Waals surface area contributed by atoms with Crippen molar-refractivity contribution in [2.45, 2.75) is 50.9 Å². The number of carbonyl (C=O) groups excluding carboxylic acids is 2. The zero-order valence-corrected chi connectivity index (χ0v) is 15.1. The largest absolute Gasteiger partial charge is 0.392 e. The van der Waals surface area contributed by atoms with E-state index in [0.29, 0.717) is 0 Å². The van der Waals surface area contributed by atoms with Crippen molar-refractivity contribution >= 4 is 33.7 Å². The van der Waals surface area contributed by atoms with Gasteiger partial charge in [-0.15, -0.1) is 0 Å². The number of hydrogen-bond donors (Lipinski definition) is 0. The molecule has 0 heterocycles. The molecule has 0 aromatic carbocycles. The third-order valence-corrected chi connectivity index (χ3v) is 6.46. The van der Waals surface area contributed by atoms with Crippen LogP contribution in [0.2, 0.25) is 0 Å². The van der Waals surface area contributed by atoms with Crippen LogP contribution in [0.4, 0.5) is 26.3 Å². The molecule has 0 radical (unpaired) electrons. The van der Waals surface area contributed by atoms with E-state index in [9.17, 15) is 35.9 Å². The Morgan fingerprint density at radius 1 is 0.654 bits per heavy atom. The van der Waals surface area contributed by atoms with Crippen LogP contribution in [-0.4, -0.2) is 22.8 Å². The average Bonchev–Trinajstić information content (AvgIpc) is 2.52. The molecule has 0 spiro atoms. The molecule has 2 aliphatic carbocycles. The molecule has 6 unspecified atom stereocenters. The first-order chi connectivity index (χ1) is 11.8. The van der Waals surface area contributed by atoms with E-state index in [1.54, 1.807) is 0 Å². The summed E-state index contributed by atoms with van der Waals surface area (Å²) in [6, 6.07) is 0. The first-order valence-corrected chi connectivity index (χ1v) is 9.10. The van der Waals surface area contributed by atoms with Gasteiger partial charge in [0.15, 0.2) is 0 Å². The van der Waals surface area contributed by atoms with Gasteiger partial charge in [-0.2, -0.15) is 26.3 Å². The molecule has 10 heteroatoms. The summed E-state index contributed by atoms with van der Waals surface area (Å²) in [6.45, 7) is 0. The fraction of sp³-hybridized carbons (Fsp3) is 0.875. The molecular weight excluding hydrogens is 409 g/mol. The summed E-state index contributed by atoms with van der Waals surface area (Å²) < 4.78 is 81.0. The minimum absolute atomic E-state index is 0.0402. The standard InChI is InChI=1S/C16H18Cl2F6O2/c17-13(25)7-1-3-9(11(5-7)15(19,20)21)10-4-2-8(14(18)26)6-12(10)16(22,23)24/h7-12H,1-6H2. The third kappa shape index (κ3) is 4.86. The predicted molar refractivity (Wildman–Crippen MR) is 82.5 cm³/mol. The van der Waals surface area contributed by atoms with Gasteiger partial charge in [0.25, 0.3) is 0 Å². The molecule has 2 rings (SSSR count). The van der Waals surface area contributed by atoms with Crippen LogP contribution in [0.5, 0.6) is 0 Å². The fourth-order valence-electron chi connectivity index (χ4n) is 4.58. The van der Waals surface area contributed by atoms with Gasteiger partial charge < -0.3 is 0 Å². The fourth-order valence-corrected chi connectivity index (χ4v) is 4.97. The number of alkyl halides is 6. The molecule has 2 nitrogen and oxygen atoms in total. The number of rotatable bonds is 3. The topological polar surface area (TPSA) is 34.1 Å². The van der Waals surface area contributed by atoms with Crippen LogP contribution in [0.25, 0.3) is 0 Å². The maximum atomic E-state index is 13.5. The van der Waals surface area contributed by atoms with Crippen molar-refractivity contribution in [3.63, 3.8) is 0 Å². The quantitative estimate of drug-likeness (QED) is 0.428. The van der Waals surface area contributed by atoms with Crippen LogP contribution in [0.15, 0.2) is 0 Å². The maximum absolute atomic E-state index is 13.5. The van der Waals surface area contributed by atoms with Crippen molar-refractivity contribution in [3.05, 3.63) is 0 Å². The van der Waals surface area contributed by atoms with Gasteiger partial charge >= 0.3 is 12.4 Å². The van der Waals surface area contributed by atoms with Crippen LogP contribution in [-0.2, 0) is 9.59 Å². The lowest BCUT2D eigenvalue weighted by atomic mass is 9.60. The van der Waals surface area contributed by atoms with Gasteiger partial charge in [0, 0.05) is 11.8 Å². The predicted octanol–water partition coefficient (Wildman–Crippen LogP) is 5.71. The van der Waals surface area contributed by atoms with Gasteiger partial charge in [0.2, 0.25) is 10.5 Å². The molecule has 26 heavy (non-hydrogen) atoms. The molecule has 0 aromatic rings. The molecular formula is C16H18Cl2F6O2. The first-order valence-electron chi connectivity index (χ1n) is 8.34. The van der Waals surface area contributed by atoms with E-state index >= 15 is 0 Å². The summed E-state index contributed by atoms with van der Waals surface area (Å²) in [5.74, 6) is -8.51. The molecule has 0 aromatic heterocycles. The highest BCUT2D eigenvalue weighted by Gasteiger charge is 2.57. The first kappa shape index (κ1) is 21.8. The van der Waals surface area contributed by atoms with Crippen LogP contribution < -0.4 is 0 Å². The minimum Gasteiger partial charge on any atom is -0.281 e. The van der Waals surface area contributed by atoms with E-state index < -0.39 is 71.2 Å². The van der Waals surface area contributed by atoms with Gasteiger partial charge in [0.05, 0.1) is 11.8 Å². The molecule has 0 aliphatic heterocycles. The second-order valence-corrected chi connectivity index (χ2v) is 8.00. The Labute approximate surface area is 156 Å². The number of halogens is 8. The Hall–Kier alpha value is -0.500. The monoisotopic (exact) mass is 426 g/mol. The highest BCUT2D eigenvalue weighted by Crippen LogP contribution is 2.55. The minimum atomic E-state index is -4.72. The van der Waals surface area contributed by atoms with E-state index in [-0.39, 0.29) is 25.7 Å². The summed E-state index contributed by atoms with van der Waals surface area (Å²) >= 11 is 10.6. The van der Waals surface area contributed by atoms with Gasteiger partial charge in [-0.05, 0) is 73.6 Å². The lowest BCUT2D eigenvalue weighted by Gasteiger charge is -2.46. The van der Waals surface area contributed by atoms with Gasteiger partial charge in [-0.1, -0.05) is 0 Å². The maximum Gasteiger partial charge on any atom is 0.392 e. The number of hydrogen-bond acceptors (Lipinski definition) is 2. The Bertz CT molecular complexity index is 500. The van der Waals surface area contributed by atoms with E-state index in [0.717, 1.165) is 0 Å². The molecule has 2 aliphatic rings. The summed E-state index contributed by atoms with van der Waals surface area (Å²) in [6.07, 6.45) is -10.8. The van der Waals surface area contributed by atoms with E-state index in [4.69, 9.17) is 23.2 Å². The highest BCUT2D eigenvalue weighted by molar-refractivity contribution is 6.64. The second kappa shape index (κ2) is 7.86. The van der Waals surface area contributed by atoms with Crippen molar-refractivity contribution in [1.82, 2.24) is 0 Å². The Morgan fingerprint density at radius 3 is 1.19 bits per heavy atom. The summed E-state index contributed by atoms with van der Waals surface area (Å²) in [7, 11) is 0. The molecule has 6 atom stereocenters. The van der Waals surface area contributed by atoms with Crippen molar-refractivity contribution in [2.24, 2.45) is 35.5 Å². The van der Waals surface area contributed by atoms with E-state index in [1.165, 1.54) is 0 Å². The van der Waals surface area contributed by atoms with Gasteiger partial charge in [0.1, 0.15) is 0 Å². The molecule has 0 saturated heterocycles. The summed E-state index contributed by atoms with van der Waals surface area (Å²) in [4.78, 5) is 22.5. The Morgan fingerprint density at radius 2 is 0.962 bits per heavy atom. The SMILES string of the molecule is O=C(Cl)C1CCC(C2CCC(C(=O)Cl)CC2C(F)(F)F)C(C(F)(F)F)C1.